The summed E-state index contributed by atoms with van der Waals surface area (Å²) in [6.45, 7) is 9.36. The van der Waals surface area contributed by atoms with Gasteiger partial charge >= 0.3 is 0 Å². The van der Waals surface area contributed by atoms with Gasteiger partial charge in [0.2, 0.25) is 0 Å². The summed E-state index contributed by atoms with van der Waals surface area (Å²) < 4.78 is 17.8. The van der Waals surface area contributed by atoms with Crippen LogP contribution in [-0.2, 0) is 6.54 Å². The maximum atomic E-state index is 15.6. The zero-order valence-electron chi connectivity index (χ0n) is 20.9. The smallest absolute Gasteiger partial charge is 0.183 e. The Balaban J connectivity index is 1.61. The Labute approximate surface area is 201 Å². The van der Waals surface area contributed by atoms with E-state index in [4.69, 9.17) is 4.98 Å². The molecular formula is C27H37FN6. The van der Waals surface area contributed by atoms with E-state index in [0.717, 1.165) is 23.8 Å². The first kappa shape index (κ1) is 23.2. The van der Waals surface area contributed by atoms with Gasteiger partial charge in [-0.15, -0.1) is 0 Å². The van der Waals surface area contributed by atoms with Gasteiger partial charge in [-0.3, -0.25) is 0 Å². The number of hydrogen-bond acceptors (Lipinski definition) is 5. The van der Waals surface area contributed by atoms with Gasteiger partial charge in [0.1, 0.15) is 17.5 Å². The zero-order valence-corrected chi connectivity index (χ0v) is 20.9. The third kappa shape index (κ3) is 4.41. The molecule has 1 atom stereocenters. The minimum atomic E-state index is -0.281. The number of anilines is 1. The second kappa shape index (κ2) is 9.59. The molecule has 7 heteroatoms. The average molecular weight is 465 g/mol. The van der Waals surface area contributed by atoms with Crippen molar-refractivity contribution in [3.63, 3.8) is 0 Å². The lowest BCUT2D eigenvalue weighted by Crippen LogP contribution is -2.31. The molecule has 0 spiro atoms. The summed E-state index contributed by atoms with van der Waals surface area (Å²) >= 11 is 0. The summed E-state index contributed by atoms with van der Waals surface area (Å²) in [6.07, 6.45) is 11.9. The number of aromatic nitrogens is 5. The van der Waals surface area contributed by atoms with Crippen molar-refractivity contribution in [3.05, 3.63) is 30.0 Å². The highest BCUT2D eigenvalue weighted by Crippen LogP contribution is 2.36. The van der Waals surface area contributed by atoms with Crippen LogP contribution in [0.15, 0.2) is 18.6 Å². The highest BCUT2D eigenvalue weighted by Gasteiger charge is 2.28. The van der Waals surface area contributed by atoms with Crippen molar-refractivity contribution in [2.24, 2.45) is 17.8 Å². The molecule has 0 aromatic carbocycles. The third-order valence-corrected chi connectivity index (χ3v) is 8.09. The zero-order chi connectivity index (χ0) is 23.8. The largest absolute Gasteiger partial charge is 0.365 e. The molecule has 0 unspecified atom stereocenters. The SMILES string of the molecule is CC(C)c1ccnc(-c2nc3ncnc(N[C@H](C)C4CCC4)c3n2C[C@H]2CC[C@H](C)CC2)c1F. The lowest BCUT2D eigenvalue weighted by atomic mass is 9.80. The lowest BCUT2D eigenvalue weighted by molar-refractivity contribution is 0.267. The van der Waals surface area contributed by atoms with E-state index in [2.05, 4.69) is 38.7 Å². The topological polar surface area (TPSA) is 68.5 Å². The van der Waals surface area contributed by atoms with Crippen LogP contribution in [0.2, 0.25) is 0 Å². The van der Waals surface area contributed by atoms with Gasteiger partial charge in [-0.2, -0.15) is 0 Å². The highest BCUT2D eigenvalue weighted by molar-refractivity contribution is 5.86. The Morgan fingerprint density at radius 2 is 1.82 bits per heavy atom. The molecule has 3 aromatic rings. The monoisotopic (exact) mass is 464 g/mol. The Bertz CT molecular complexity index is 1140. The first-order valence-electron chi connectivity index (χ1n) is 13.0. The van der Waals surface area contributed by atoms with Crippen LogP contribution in [-0.4, -0.2) is 30.5 Å². The number of nitrogens with one attached hydrogen (secondary N) is 1. The molecule has 5 rings (SSSR count). The van der Waals surface area contributed by atoms with E-state index in [1.165, 1.54) is 44.9 Å². The van der Waals surface area contributed by atoms with Crippen molar-refractivity contribution in [1.29, 1.82) is 0 Å². The van der Waals surface area contributed by atoms with E-state index in [-0.39, 0.29) is 11.7 Å². The van der Waals surface area contributed by atoms with Crippen molar-refractivity contribution in [2.45, 2.75) is 91.1 Å². The molecule has 2 saturated carbocycles. The molecule has 3 aromatic heterocycles. The molecule has 0 aliphatic heterocycles. The minimum Gasteiger partial charge on any atom is -0.365 e. The Morgan fingerprint density at radius 1 is 1.06 bits per heavy atom. The number of hydrogen-bond donors (Lipinski definition) is 1. The summed E-state index contributed by atoms with van der Waals surface area (Å²) in [6, 6.07) is 2.10. The summed E-state index contributed by atoms with van der Waals surface area (Å²) in [7, 11) is 0. The van der Waals surface area contributed by atoms with Crippen LogP contribution in [0.4, 0.5) is 10.2 Å². The van der Waals surface area contributed by atoms with Gasteiger partial charge < -0.3 is 9.88 Å². The van der Waals surface area contributed by atoms with Gasteiger partial charge in [0.25, 0.3) is 0 Å². The molecule has 2 fully saturated rings. The van der Waals surface area contributed by atoms with Crippen molar-refractivity contribution >= 4 is 17.0 Å². The number of pyridine rings is 1. The summed E-state index contributed by atoms with van der Waals surface area (Å²) in [5.74, 6) is 3.13. The Hall–Kier alpha value is -2.57. The summed E-state index contributed by atoms with van der Waals surface area (Å²) in [5, 5.41) is 3.65. The molecule has 2 aliphatic rings. The molecule has 0 radical (unpaired) electrons. The van der Waals surface area contributed by atoms with Gasteiger partial charge in [-0.25, -0.2) is 24.3 Å². The van der Waals surface area contributed by atoms with Crippen LogP contribution < -0.4 is 5.32 Å². The molecule has 0 bridgehead atoms. The maximum Gasteiger partial charge on any atom is 0.183 e. The average Bonchev–Trinajstić information content (AvgIpc) is 3.13. The molecule has 182 valence electrons. The second-order valence-corrected chi connectivity index (χ2v) is 10.9. The fourth-order valence-electron chi connectivity index (χ4n) is 5.53. The predicted molar refractivity (Wildman–Crippen MR) is 134 cm³/mol. The van der Waals surface area contributed by atoms with Gasteiger partial charge in [-0.05, 0) is 67.9 Å². The van der Waals surface area contributed by atoms with E-state index in [1.54, 1.807) is 18.6 Å². The molecule has 0 amide bonds. The molecule has 34 heavy (non-hydrogen) atoms. The number of rotatable bonds is 7. The Morgan fingerprint density at radius 3 is 2.50 bits per heavy atom. The van der Waals surface area contributed by atoms with Crippen molar-refractivity contribution in [2.75, 3.05) is 5.32 Å². The molecule has 6 nitrogen and oxygen atoms in total. The maximum absolute atomic E-state index is 15.6. The Kier molecular flexibility index (Phi) is 6.54. The number of fused-ring (bicyclic) bond motifs is 1. The molecule has 0 saturated heterocycles. The van der Waals surface area contributed by atoms with Crippen molar-refractivity contribution in [3.8, 4) is 11.5 Å². The summed E-state index contributed by atoms with van der Waals surface area (Å²) in [4.78, 5) is 18.4. The van der Waals surface area contributed by atoms with E-state index < -0.39 is 0 Å². The molecule has 3 heterocycles. The van der Waals surface area contributed by atoms with Crippen LogP contribution in [0.1, 0.15) is 84.1 Å². The number of imidazole rings is 1. The van der Waals surface area contributed by atoms with Crippen LogP contribution in [0.5, 0.6) is 0 Å². The first-order valence-corrected chi connectivity index (χ1v) is 13.0. The van der Waals surface area contributed by atoms with Gasteiger partial charge in [0.15, 0.2) is 23.1 Å². The number of nitrogens with zero attached hydrogens (tertiary/aromatic N) is 5. The molecule has 1 N–H and O–H groups in total. The fourth-order valence-corrected chi connectivity index (χ4v) is 5.53. The fraction of sp³-hybridized carbons (Fsp3) is 0.630. The van der Waals surface area contributed by atoms with Crippen molar-refractivity contribution < 1.29 is 4.39 Å². The van der Waals surface area contributed by atoms with Crippen LogP contribution in [0, 0.1) is 23.6 Å². The number of halogens is 1. The normalized spacial score (nSPS) is 22.2. The van der Waals surface area contributed by atoms with Gasteiger partial charge in [0.05, 0.1) is 0 Å². The van der Waals surface area contributed by atoms with Crippen LogP contribution in [0.3, 0.4) is 0 Å². The third-order valence-electron chi connectivity index (χ3n) is 8.09. The quantitative estimate of drug-likeness (QED) is 0.428. The molecular weight excluding hydrogens is 427 g/mol. The second-order valence-electron chi connectivity index (χ2n) is 10.9. The van der Waals surface area contributed by atoms with E-state index in [0.29, 0.717) is 40.6 Å². The van der Waals surface area contributed by atoms with Gasteiger partial charge in [-0.1, -0.05) is 40.0 Å². The summed E-state index contributed by atoms with van der Waals surface area (Å²) in [5.41, 5.74) is 2.46. The van der Waals surface area contributed by atoms with E-state index in [9.17, 15) is 0 Å². The van der Waals surface area contributed by atoms with Crippen LogP contribution in [0.25, 0.3) is 22.7 Å². The van der Waals surface area contributed by atoms with E-state index in [1.807, 2.05) is 13.8 Å². The predicted octanol–water partition coefficient (Wildman–Crippen LogP) is 6.58. The minimum absolute atomic E-state index is 0.0692. The van der Waals surface area contributed by atoms with E-state index >= 15 is 4.39 Å². The van der Waals surface area contributed by atoms with Gasteiger partial charge in [0, 0.05) is 18.8 Å². The molecule has 2 aliphatic carbocycles. The van der Waals surface area contributed by atoms with Crippen molar-refractivity contribution in [1.82, 2.24) is 24.5 Å². The first-order chi connectivity index (χ1) is 16.4. The van der Waals surface area contributed by atoms with Crippen LogP contribution >= 0.6 is 0 Å². The highest BCUT2D eigenvalue weighted by atomic mass is 19.1. The standard InChI is InChI=1S/C27H37FN6/c1-16(2)21-12-13-29-23(22(21)28)27-33-26-24(34(27)14-19-10-8-17(3)9-11-19)25(30-15-31-26)32-18(4)20-6-5-7-20/h12-13,15-20H,5-11,14H2,1-4H3,(H,30,31,32)/t17-,18-,19-/m1/s1. The lowest BCUT2D eigenvalue weighted by Gasteiger charge is -2.32.